The van der Waals surface area contributed by atoms with Gasteiger partial charge in [0.05, 0.1) is 6.61 Å². The first-order chi connectivity index (χ1) is 14.0. The van der Waals surface area contributed by atoms with Gasteiger partial charge in [-0.2, -0.15) is 0 Å². The summed E-state index contributed by atoms with van der Waals surface area (Å²) < 4.78 is 23.1. The molecule has 0 unspecified atom stereocenters. The van der Waals surface area contributed by atoms with Gasteiger partial charge in [0.1, 0.15) is 32.0 Å². The van der Waals surface area contributed by atoms with Crippen molar-refractivity contribution in [1.82, 2.24) is 0 Å². The number of aliphatic hydroxyl groups is 2. The minimum absolute atomic E-state index is 0.151. The molecule has 0 saturated carbocycles. The summed E-state index contributed by atoms with van der Waals surface area (Å²) in [5.41, 5.74) is 1.87. The van der Waals surface area contributed by atoms with Crippen LogP contribution in [0.15, 0.2) is 72.2 Å². The molecule has 0 spiro atoms. The van der Waals surface area contributed by atoms with E-state index in [2.05, 4.69) is 0 Å². The molecule has 3 rings (SSSR count). The van der Waals surface area contributed by atoms with E-state index in [1.54, 1.807) is 13.8 Å². The Balaban J connectivity index is 1.79. The topological polar surface area (TPSA) is 77.4 Å². The number of rotatable bonds is 9. The van der Waals surface area contributed by atoms with Gasteiger partial charge in [-0.25, -0.2) is 0 Å². The summed E-state index contributed by atoms with van der Waals surface area (Å²) in [6, 6.07) is 19.2. The largest absolute Gasteiger partial charge is 0.487 e. The average Bonchev–Trinajstić information content (AvgIpc) is 3.11. The van der Waals surface area contributed by atoms with Crippen LogP contribution in [0.3, 0.4) is 0 Å². The maximum Gasteiger partial charge on any atom is 0.168 e. The normalized spacial score (nSPS) is 20.1. The second kappa shape index (κ2) is 9.89. The quantitative estimate of drug-likeness (QED) is 0.630. The monoisotopic (exact) mass is 400 g/mol. The van der Waals surface area contributed by atoms with Crippen LogP contribution in [0.1, 0.15) is 25.0 Å². The highest BCUT2D eigenvalue weighted by Gasteiger charge is 2.40. The molecule has 2 atom stereocenters. The van der Waals surface area contributed by atoms with Gasteiger partial charge in [0, 0.05) is 0 Å². The van der Waals surface area contributed by atoms with Crippen molar-refractivity contribution >= 4 is 0 Å². The van der Waals surface area contributed by atoms with E-state index in [1.807, 2.05) is 60.7 Å². The Hall–Kier alpha value is -2.38. The molecule has 1 aliphatic heterocycles. The van der Waals surface area contributed by atoms with E-state index in [1.165, 1.54) is 0 Å². The lowest BCUT2D eigenvalue weighted by atomic mass is 10.1. The summed E-state index contributed by atoms with van der Waals surface area (Å²) in [7, 11) is 0. The molecule has 1 aliphatic rings. The zero-order valence-electron chi connectivity index (χ0n) is 16.8. The zero-order chi connectivity index (χ0) is 20.7. The first-order valence-corrected chi connectivity index (χ1v) is 9.65. The summed E-state index contributed by atoms with van der Waals surface area (Å²) in [6.45, 7) is 3.84. The zero-order valence-corrected chi connectivity index (χ0v) is 16.8. The van der Waals surface area contributed by atoms with E-state index in [-0.39, 0.29) is 31.3 Å². The van der Waals surface area contributed by atoms with E-state index in [4.69, 9.17) is 18.9 Å². The van der Waals surface area contributed by atoms with Gasteiger partial charge < -0.3 is 29.2 Å². The van der Waals surface area contributed by atoms with Gasteiger partial charge in [-0.15, -0.1) is 0 Å². The summed E-state index contributed by atoms with van der Waals surface area (Å²) in [6.07, 6.45) is -1.77. The SMILES string of the molecule is CC1(C)OC[C@@H]([C@@H](O)/C(OCc2ccccc2)=C(\CO)OCc2ccccc2)O1. The van der Waals surface area contributed by atoms with Crippen LogP contribution < -0.4 is 0 Å². The molecule has 2 aromatic carbocycles. The van der Waals surface area contributed by atoms with Gasteiger partial charge >= 0.3 is 0 Å². The van der Waals surface area contributed by atoms with Crippen LogP contribution in [0.25, 0.3) is 0 Å². The Morgan fingerprint density at radius 3 is 2.03 bits per heavy atom. The highest BCUT2D eigenvalue weighted by atomic mass is 16.7. The number of aliphatic hydroxyl groups excluding tert-OH is 2. The van der Waals surface area contributed by atoms with Crippen molar-refractivity contribution in [3.63, 3.8) is 0 Å². The second-order valence-electron chi connectivity index (χ2n) is 7.31. The second-order valence-corrected chi connectivity index (χ2v) is 7.31. The Kier molecular flexibility index (Phi) is 7.28. The Morgan fingerprint density at radius 2 is 1.55 bits per heavy atom. The highest BCUT2D eigenvalue weighted by Crippen LogP contribution is 2.29. The Bertz CT molecular complexity index is 788. The molecule has 2 aromatic rings. The lowest BCUT2D eigenvalue weighted by molar-refractivity contribution is -0.151. The maximum absolute atomic E-state index is 10.9. The summed E-state index contributed by atoms with van der Waals surface area (Å²) in [4.78, 5) is 0. The number of hydrogen-bond donors (Lipinski definition) is 2. The minimum Gasteiger partial charge on any atom is -0.487 e. The fourth-order valence-corrected chi connectivity index (χ4v) is 3.05. The third-order valence-corrected chi connectivity index (χ3v) is 4.56. The van der Waals surface area contributed by atoms with Crippen molar-refractivity contribution in [1.29, 1.82) is 0 Å². The number of hydrogen-bond acceptors (Lipinski definition) is 6. The van der Waals surface area contributed by atoms with Crippen molar-refractivity contribution in [2.75, 3.05) is 13.2 Å². The van der Waals surface area contributed by atoms with E-state index >= 15 is 0 Å². The van der Waals surface area contributed by atoms with Crippen LogP contribution in [0.4, 0.5) is 0 Å². The van der Waals surface area contributed by atoms with Gasteiger partial charge in [-0.1, -0.05) is 60.7 Å². The van der Waals surface area contributed by atoms with E-state index in [9.17, 15) is 10.2 Å². The van der Waals surface area contributed by atoms with Gasteiger partial charge in [-0.05, 0) is 25.0 Å². The molecule has 29 heavy (non-hydrogen) atoms. The van der Waals surface area contributed by atoms with Crippen molar-refractivity contribution in [3.8, 4) is 0 Å². The van der Waals surface area contributed by atoms with Crippen LogP contribution in [0, 0.1) is 0 Å². The predicted octanol–water partition coefficient (Wildman–Crippen LogP) is 3.14. The van der Waals surface area contributed by atoms with Crippen molar-refractivity contribution in [3.05, 3.63) is 83.3 Å². The van der Waals surface area contributed by atoms with Crippen LogP contribution in [-0.4, -0.2) is 41.4 Å². The van der Waals surface area contributed by atoms with Gasteiger partial charge in [-0.3, -0.25) is 0 Å². The fourth-order valence-electron chi connectivity index (χ4n) is 3.05. The van der Waals surface area contributed by atoms with E-state index < -0.39 is 24.6 Å². The molecular weight excluding hydrogens is 372 g/mol. The van der Waals surface area contributed by atoms with Crippen molar-refractivity contribution < 1.29 is 29.2 Å². The molecule has 6 nitrogen and oxygen atoms in total. The van der Waals surface area contributed by atoms with Crippen molar-refractivity contribution in [2.24, 2.45) is 0 Å². The van der Waals surface area contributed by atoms with Gasteiger partial charge in [0.2, 0.25) is 0 Å². The number of ether oxygens (including phenoxy) is 4. The lowest BCUT2D eigenvalue weighted by Crippen LogP contribution is -2.34. The lowest BCUT2D eigenvalue weighted by Gasteiger charge is -2.24. The third-order valence-electron chi connectivity index (χ3n) is 4.56. The summed E-state index contributed by atoms with van der Waals surface area (Å²) >= 11 is 0. The molecule has 1 saturated heterocycles. The molecule has 0 aromatic heterocycles. The maximum atomic E-state index is 10.9. The molecule has 1 fully saturated rings. The molecule has 0 bridgehead atoms. The minimum atomic E-state index is -1.14. The molecule has 0 aliphatic carbocycles. The Labute approximate surface area is 171 Å². The van der Waals surface area contributed by atoms with E-state index in [0.717, 1.165) is 11.1 Å². The van der Waals surface area contributed by atoms with E-state index in [0.29, 0.717) is 0 Å². The standard InChI is InChI=1S/C23H28O6/c1-23(2)28-16-20(29-23)21(25)22(27-15-18-11-7-4-8-12-18)19(13-24)26-14-17-9-5-3-6-10-17/h3-12,20-21,24-25H,13-16H2,1-2H3/b22-19-/t20-,21+/m0/s1. The summed E-state index contributed by atoms with van der Waals surface area (Å²) in [5.74, 6) is -0.468. The Morgan fingerprint density at radius 1 is 1.00 bits per heavy atom. The van der Waals surface area contributed by atoms with Gasteiger partial charge in [0.15, 0.2) is 17.3 Å². The predicted molar refractivity (Wildman–Crippen MR) is 107 cm³/mol. The van der Waals surface area contributed by atoms with Crippen LogP contribution in [-0.2, 0) is 32.2 Å². The van der Waals surface area contributed by atoms with Crippen LogP contribution in [0.5, 0.6) is 0 Å². The smallest absolute Gasteiger partial charge is 0.168 e. The van der Waals surface area contributed by atoms with Gasteiger partial charge in [0.25, 0.3) is 0 Å². The third kappa shape index (κ3) is 6.05. The number of benzene rings is 2. The van der Waals surface area contributed by atoms with Crippen LogP contribution in [0.2, 0.25) is 0 Å². The molecule has 0 radical (unpaired) electrons. The molecule has 1 heterocycles. The first kappa shape index (κ1) is 21.3. The molecular formula is C23H28O6. The average molecular weight is 400 g/mol. The molecule has 2 N–H and O–H groups in total. The summed E-state index contributed by atoms with van der Waals surface area (Å²) in [5, 5.41) is 20.9. The fraction of sp³-hybridized carbons (Fsp3) is 0.391. The first-order valence-electron chi connectivity index (χ1n) is 9.65. The van der Waals surface area contributed by atoms with Crippen molar-refractivity contribution in [2.45, 2.75) is 45.1 Å². The molecule has 6 heteroatoms. The molecule has 0 amide bonds. The van der Waals surface area contributed by atoms with Crippen LogP contribution >= 0.6 is 0 Å². The molecule has 156 valence electrons. The highest BCUT2D eigenvalue weighted by molar-refractivity contribution is 5.17.